The zero-order chi connectivity index (χ0) is 28.0. The minimum atomic E-state index is -1.40. The Kier molecular flexibility index (Phi) is 14.0. The van der Waals surface area contributed by atoms with Crippen molar-refractivity contribution >= 4 is 41.4 Å². The molecule has 16 heteroatoms. The van der Waals surface area contributed by atoms with Gasteiger partial charge in [0, 0.05) is 24.9 Å². The van der Waals surface area contributed by atoms with Gasteiger partial charge >= 0.3 is 5.97 Å². The molecule has 0 spiro atoms. The van der Waals surface area contributed by atoms with Crippen molar-refractivity contribution in [3.8, 4) is 0 Å². The van der Waals surface area contributed by atoms with Crippen molar-refractivity contribution in [1.29, 1.82) is 0 Å². The summed E-state index contributed by atoms with van der Waals surface area (Å²) in [4.78, 5) is 60.4. The third kappa shape index (κ3) is 11.9. The number of hydrogen-bond acceptors (Lipinski definition) is 9. The number of nitrogens with zero attached hydrogens (tertiary/aromatic N) is 2. The van der Waals surface area contributed by atoms with Crippen LogP contribution >= 0.6 is 11.8 Å². The molecule has 0 saturated heterocycles. The van der Waals surface area contributed by atoms with Crippen LogP contribution in [0.25, 0.3) is 0 Å². The van der Waals surface area contributed by atoms with Crippen LogP contribution in [0.4, 0.5) is 0 Å². The highest BCUT2D eigenvalue weighted by atomic mass is 32.2. The Labute approximate surface area is 218 Å². The molecule has 0 radical (unpaired) electrons. The number of aromatic nitrogens is 2. The van der Waals surface area contributed by atoms with Crippen LogP contribution in [-0.2, 0) is 25.6 Å². The molecule has 5 atom stereocenters. The van der Waals surface area contributed by atoms with Crippen molar-refractivity contribution in [2.45, 2.75) is 62.9 Å². The molecule has 15 nitrogen and oxygen atoms in total. The zero-order valence-corrected chi connectivity index (χ0v) is 21.7. The van der Waals surface area contributed by atoms with Crippen LogP contribution in [0.3, 0.4) is 0 Å². The Morgan fingerprint density at radius 1 is 1.11 bits per heavy atom. The highest BCUT2D eigenvalue weighted by molar-refractivity contribution is 7.98. The Hall–Kier alpha value is -3.37. The SMILES string of the molecule is CSCCC(NC(=O)C(NC(=O)C(N)CCCN=C(N)N)C(C)O)C(=O)NC(Cc1cnc[nH]1)C(=O)O. The second-order valence-corrected chi connectivity index (χ2v) is 9.29. The summed E-state index contributed by atoms with van der Waals surface area (Å²) >= 11 is 1.42. The number of H-pyrrole nitrogens is 1. The van der Waals surface area contributed by atoms with Crippen LogP contribution in [0.15, 0.2) is 17.5 Å². The Balaban J connectivity index is 2.85. The molecule has 0 aliphatic heterocycles. The van der Waals surface area contributed by atoms with Crippen LogP contribution < -0.4 is 33.2 Å². The molecule has 5 unspecified atom stereocenters. The fourth-order valence-corrected chi connectivity index (χ4v) is 3.64. The molecule has 1 heterocycles. The largest absolute Gasteiger partial charge is 0.480 e. The van der Waals surface area contributed by atoms with E-state index in [1.165, 1.54) is 31.2 Å². The number of imidazole rings is 1. The third-order valence-electron chi connectivity index (χ3n) is 5.20. The van der Waals surface area contributed by atoms with Crippen LogP contribution in [-0.4, -0.2) is 98.7 Å². The number of hydrogen-bond donors (Lipinski definition) is 9. The van der Waals surface area contributed by atoms with Gasteiger partial charge in [-0.2, -0.15) is 11.8 Å². The third-order valence-corrected chi connectivity index (χ3v) is 5.85. The topological polar surface area (TPSA) is 264 Å². The number of aliphatic carboxylic acids is 1. The highest BCUT2D eigenvalue weighted by Crippen LogP contribution is 2.06. The predicted molar refractivity (Wildman–Crippen MR) is 138 cm³/mol. The Bertz CT molecular complexity index is 908. The minimum absolute atomic E-state index is 0.0440. The van der Waals surface area contributed by atoms with Gasteiger partial charge in [-0.3, -0.25) is 19.4 Å². The first-order valence-electron chi connectivity index (χ1n) is 11.5. The quantitative estimate of drug-likeness (QED) is 0.0543. The number of aliphatic hydroxyl groups excluding tert-OH is 1. The first kappa shape index (κ1) is 31.7. The molecule has 0 aromatic carbocycles. The number of carbonyl (C=O) groups is 4. The van der Waals surface area contributed by atoms with E-state index in [0.717, 1.165) is 0 Å². The van der Waals surface area contributed by atoms with E-state index in [1.807, 2.05) is 6.26 Å². The molecule has 0 saturated carbocycles. The van der Waals surface area contributed by atoms with E-state index in [4.69, 9.17) is 17.2 Å². The van der Waals surface area contributed by atoms with Crippen LogP contribution in [0, 0.1) is 0 Å². The number of aliphatic imine (C=N–C) groups is 1. The van der Waals surface area contributed by atoms with Gasteiger partial charge in [-0.25, -0.2) is 9.78 Å². The maximum Gasteiger partial charge on any atom is 0.326 e. The zero-order valence-electron chi connectivity index (χ0n) is 20.8. The molecule has 0 aliphatic rings. The summed E-state index contributed by atoms with van der Waals surface area (Å²) in [5, 5.41) is 27.0. The van der Waals surface area contributed by atoms with Crippen molar-refractivity contribution in [2.24, 2.45) is 22.2 Å². The molecule has 3 amide bonds. The number of nitrogens with two attached hydrogens (primary N) is 3. The molecular weight excluding hydrogens is 506 g/mol. The predicted octanol–water partition coefficient (Wildman–Crippen LogP) is -2.99. The molecule has 1 aromatic rings. The van der Waals surface area contributed by atoms with Gasteiger partial charge in [-0.15, -0.1) is 0 Å². The molecular formula is C21H37N9O6S. The fraction of sp³-hybridized carbons (Fsp3) is 0.619. The van der Waals surface area contributed by atoms with Crippen LogP contribution in [0.5, 0.6) is 0 Å². The molecule has 0 bridgehead atoms. The lowest BCUT2D eigenvalue weighted by Crippen LogP contribution is -2.60. The van der Waals surface area contributed by atoms with Crippen molar-refractivity contribution in [3.63, 3.8) is 0 Å². The second kappa shape index (κ2) is 16.4. The molecule has 12 N–H and O–H groups in total. The summed E-state index contributed by atoms with van der Waals surface area (Å²) in [6.45, 7) is 1.57. The number of carbonyl (C=O) groups excluding carboxylic acids is 3. The number of amides is 3. The van der Waals surface area contributed by atoms with E-state index in [-0.39, 0.29) is 31.8 Å². The maximum absolute atomic E-state index is 12.9. The Morgan fingerprint density at radius 3 is 2.32 bits per heavy atom. The van der Waals surface area contributed by atoms with E-state index in [0.29, 0.717) is 17.9 Å². The number of nitrogens with one attached hydrogen (secondary N) is 4. The first-order chi connectivity index (χ1) is 17.5. The summed E-state index contributed by atoms with van der Waals surface area (Å²) in [7, 11) is 0. The van der Waals surface area contributed by atoms with Gasteiger partial charge in [-0.05, 0) is 38.2 Å². The van der Waals surface area contributed by atoms with Crippen molar-refractivity contribution < 1.29 is 29.4 Å². The molecule has 1 rings (SSSR count). The van der Waals surface area contributed by atoms with E-state index >= 15 is 0 Å². The van der Waals surface area contributed by atoms with Crippen LogP contribution in [0.2, 0.25) is 0 Å². The minimum Gasteiger partial charge on any atom is -0.480 e. The van der Waals surface area contributed by atoms with E-state index in [9.17, 15) is 29.4 Å². The van der Waals surface area contributed by atoms with Gasteiger partial charge < -0.3 is 48.3 Å². The van der Waals surface area contributed by atoms with Gasteiger partial charge in [0.25, 0.3) is 0 Å². The average Bonchev–Trinajstić information content (AvgIpc) is 3.34. The standard InChI is InChI=1S/C21H37N9O6S/c1-11(31)16(30-17(32)13(22)4-3-6-26-21(23)24)19(34)28-14(5-7-37-2)18(33)29-15(20(35)36)8-12-9-25-10-27-12/h9-11,13-16,31H,3-8,22H2,1-2H3,(H,25,27)(H,28,34)(H,29,33)(H,30,32)(H,35,36)(H4,23,24,26). The number of rotatable bonds is 17. The van der Waals surface area contributed by atoms with Gasteiger partial charge in [0.2, 0.25) is 17.7 Å². The van der Waals surface area contributed by atoms with E-state index < -0.39 is 54.0 Å². The number of thioether (sulfide) groups is 1. The summed E-state index contributed by atoms with van der Waals surface area (Å²) in [5.41, 5.74) is 16.9. The number of aromatic amines is 1. The van der Waals surface area contributed by atoms with Crippen LogP contribution in [0.1, 0.15) is 31.9 Å². The number of carboxylic acid groups (broad SMARTS) is 1. The van der Waals surface area contributed by atoms with Gasteiger partial charge in [0.15, 0.2) is 5.96 Å². The Morgan fingerprint density at radius 2 is 1.78 bits per heavy atom. The molecule has 208 valence electrons. The summed E-state index contributed by atoms with van der Waals surface area (Å²) in [6, 6.07) is -4.78. The summed E-state index contributed by atoms with van der Waals surface area (Å²) in [6.07, 6.45) is 4.10. The van der Waals surface area contributed by atoms with E-state index in [1.54, 1.807) is 0 Å². The van der Waals surface area contributed by atoms with Gasteiger partial charge in [0.1, 0.15) is 18.1 Å². The number of guanidine groups is 1. The number of carboxylic acids is 1. The van der Waals surface area contributed by atoms with Crippen molar-refractivity contribution in [3.05, 3.63) is 18.2 Å². The van der Waals surface area contributed by atoms with Crippen molar-refractivity contribution in [2.75, 3.05) is 18.6 Å². The highest BCUT2D eigenvalue weighted by Gasteiger charge is 2.32. The fourth-order valence-electron chi connectivity index (χ4n) is 3.17. The van der Waals surface area contributed by atoms with Gasteiger partial charge in [-0.1, -0.05) is 0 Å². The molecule has 0 aliphatic carbocycles. The maximum atomic E-state index is 12.9. The lowest BCUT2D eigenvalue weighted by atomic mass is 10.1. The number of aliphatic hydroxyl groups is 1. The lowest BCUT2D eigenvalue weighted by Gasteiger charge is -2.26. The molecule has 37 heavy (non-hydrogen) atoms. The average molecular weight is 544 g/mol. The smallest absolute Gasteiger partial charge is 0.326 e. The normalized spacial score (nSPS) is 14.9. The first-order valence-corrected chi connectivity index (χ1v) is 12.9. The second-order valence-electron chi connectivity index (χ2n) is 8.31. The van der Waals surface area contributed by atoms with Crippen molar-refractivity contribution in [1.82, 2.24) is 25.9 Å². The summed E-state index contributed by atoms with van der Waals surface area (Å²) in [5.74, 6) is -3.09. The van der Waals surface area contributed by atoms with Gasteiger partial charge in [0.05, 0.1) is 18.5 Å². The van der Waals surface area contributed by atoms with E-state index in [2.05, 4.69) is 30.9 Å². The molecule has 1 aromatic heterocycles. The molecule has 0 fully saturated rings. The lowest BCUT2D eigenvalue weighted by molar-refractivity contribution is -0.142. The summed E-state index contributed by atoms with van der Waals surface area (Å²) < 4.78 is 0. The monoisotopic (exact) mass is 543 g/mol.